The molecule has 2 rings (SSSR count). The molecule has 26 heavy (non-hydrogen) atoms. The highest BCUT2D eigenvalue weighted by Crippen LogP contribution is 2.32. The summed E-state index contributed by atoms with van der Waals surface area (Å²) in [6, 6.07) is 10.2. The second-order valence-electron chi connectivity index (χ2n) is 5.12. The first-order chi connectivity index (χ1) is 12.3. The van der Waals surface area contributed by atoms with E-state index in [0.29, 0.717) is 11.5 Å². The summed E-state index contributed by atoms with van der Waals surface area (Å²) in [4.78, 5) is 11.1. The molecule has 9 heteroatoms. The van der Waals surface area contributed by atoms with Crippen molar-refractivity contribution in [1.29, 1.82) is 0 Å². The van der Waals surface area contributed by atoms with Crippen LogP contribution in [0.25, 0.3) is 0 Å². The number of carbonyl (C=O) groups is 1. The van der Waals surface area contributed by atoms with Crippen molar-refractivity contribution in [3.8, 4) is 17.2 Å². The van der Waals surface area contributed by atoms with Gasteiger partial charge in [-0.15, -0.1) is 0 Å². The van der Waals surface area contributed by atoms with Crippen LogP contribution in [0.5, 0.6) is 17.2 Å². The zero-order chi connectivity index (χ0) is 19.3. The molecule has 0 radical (unpaired) electrons. The molecule has 0 aliphatic carbocycles. The summed E-state index contributed by atoms with van der Waals surface area (Å²) in [6.07, 6.45) is 0. The summed E-state index contributed by atoms with van der Waals surface area (Å²) in [6.45, 7) is -0.746. The molecule has 1 N–H and O–H groups in total. The molecule has 0 spiro atoms. The molecule has 8 nitrogen and oxygen atoms in total. The standard InChI is InChI=1S/C17H19NO7S/c1-23-13-6-4-5-12(9-13)18(11-17(19)20)26(21,22)14-7-8-15(24-2)16(10-14)25-3/h4-10H,11H2,1-3H3,(H,19,20). The van der Waals surface area contributed by atoms with Crippen LogP contribution < -0.4 is 18.5 Å². The predicted molar refractivity (Wildman–Crippen MR) is 94.7 cm³/mol. The fourth-order valence-electron chi connectivity index (χ4n) is 2.31. The molecule has 0 saturated heterocycles. The van der Waals surface area contributed by atoms with Crippen molar-refractivity contribution in [2.45, 2.75) is 4.90 Å². The van der Waals surface area contributed by atoms with Gasteiger partial charge in [-0.25, -0.2) is 8.42 Å². The van der Waals surface area contributed by atoms with Crippen molar-refractivity contribution in [3.05, 3.63) is 42.5 Å². The van der Waals surface area contributed by atoms with Gasteiger partial charge < -0.3 is 19.3 Å². The number of aliphatic carboxylic acids is 1. The van der Waals surface area contributed by atoms with Crippen molar-refractivity contribution in [2.75, 3.05) is 32.2 Å². The second kappa shape index (κ2) is 7.96. The van der Waals surface area contributed by atoms with Gasteiger partial charge in [0.25, 0.3) is 10.0 Å². The van der Waals surface area contributed by atoms with Crippen LogP contribution in [0.15, 0.2) is 47.4 Å². The average molecular weight is 381 g/mol. The largest absolute Gasteiger partial charge is 0.497 e. The normalized spacial score (nSPS) is 10.9. The van der Waals surface area contributed by atoms with E-state index in [4.69, 9.17) is 14.2 Å². The molecular formula is C17H19NO7S. The molecule has 0 bridgehead atoms. The lowest BCUT2D eigenvalue weighted by molar-refractivity contribution is -0.135. The van der Waals surface area contributed by atoms with Crippen molar-refractivity contribution >= 4 is 21.7 Å². The molecule has 0 aromatic heterocycles. The van der Waals surface area contributed by atoms with E-state index in [1.54, 1.807) is 12.1 Å². The molecule has 0 aliphatic heterocycles. The van der Waals surface area contributed by atoms with Crippen LogP contribution in [0.1, 0.15) is 0 Å². The van der Waals surface area contributed by atoms with Gasteiger partial charge in [0.15, 0.2) is 11.5 Å². The van der Waals surface area contributed by atoms with Gasteiger partial charge in [0.1, 0.15) is 12.3 Å². The zero-order valence-corrected chi connectivity index (χ0v) is 15.3. The molecule has 140 valence electrons. The molecule has 0 unspecified atom stereocenters. The maximum absolute atomic E-state index is 13.1. The first-order valence-electron chi connectivity index (χ1n) is 7.44. The maximum Gasteiger partial charge on any atom is 0.324 e. The lowest BCUT2D eigenvalue weighted by atomic mass is 10.3. The molecule has 0 fully saturated rings. The smallest absolute Gasteiger partial charge is 0.324 e. The number of carboxylic acids is 1. The maximum atomic E-state index is 13.1. The van der Waals surface area contributed by atoms with Gasteiger partial charge in [0.2, 0.25) is 0 Å². The number of benzene rings is 2. The highest BCUT2D eigenvalue weighted by atomic mass is 32.2. The fourth-order valence-corrected chi connectivity index (χ4v) is 3.73. The third kappa shape index (κ3) is 3.99. The highest BCUT2D eigenvalue weighted by Gasteiger charge is 2.28. The lowest BCUT2D eigenvalue weighted by Gasteiger charge is -2.23. The van der Waals surface area contributed by atoms with E-state index >= 15 is 0 Å². The van der Waals surface area contributed by atoms with Crippen LogP contribution in [0.3, 0.4) is 0 Å². The van der Waals surface area contributed by atoms with E-state index in [1.807, 2.05) is 0 Å². The molecular weight excluding hydrogens is 362 g/mol. The second-order valence-corrected chi connectivity index (χ2v) is 6.99. The van der Waals surface area contributed by atoms with Crippen molar-refractivity contribution in [1.82, 2.24) is 0 Å². The van der Waals surface area contributed by atoms with Crippen LogP contribution in [0.4, 0.5) is 5.69 Å². The molecule has 0 heterocycles. The van der Waals surface area contributed by atoms with Gasteiger partial charge in [0.05, 0.1) is 31.9 Å². The number of hydrogen-bond donors (Lipinski definition) is 1. The van der Waals surface area contributed by atoms with Crippen LogP contribution >= 0.6 is 0 Å². The SMILES string of the molecule is COc1cccc(N(CC(=O)O)S(=O)(=O)c2ccc(OC)c(OC)c2)c1. The number of ether oxygens (including phenoxy) is 3. The molecule has 0 aliphatic rings. The summed E-state index contributed by atoms with van der Waals surface area (Å²) in [5.41, 5.74) is 0.168. The average Bonchev–Trinajstić information content (AvgIpc) is 2.65. The predicted octanol–water partition coefficient (Wildman–Crippen LogP) is 1.99. The number of hydrogen-bond acceptors (Lipinski definition) is 6. The van der Waals surface area contributed by atoms with Crippen molar-refractivity contribution in [2.24, 2.45) is 0 Å². The summed E-state index contributed by atoms with van der Waals surface area (Å²) in [7, 11) is 0.0735. The monoisotopic (exact) mass is 381 g/mol. The Labute approximate surface area is 151 Å². The van der Waals surface area contributed by atoms with E-state index in [2.05, 4.69) is 0 Å². The van der Waals surface area contributed by atoms with Gasteiger partial charge in [-0.1, -0.05) is 6.07 Å². The van der Waals surface area contributed by atoms with Gasteiger partial charge in [-0.2, -0.15) is 0 Å². The minimum atomic E-state index is -4.17. The van der Waals surface area contributed by atoms with Gasteiger partial charge in [0, 0.05) is 12.1 Å². The number of methoxy groups -OCH3 is 3. The first-order valence-corrected chi connectivity index (χ1v) is 8.88. The number of rotatable bonds is 8. The Hall–Kier alpha value is -2.94. The van der Waals surface area contributed by atoms with Crippen molar-refractivity contribution in [3.63, 3.8) is 0 Å². The summed E-state index contributed by atoms with van der Waals surface area (Å²) in [5, 5.41) is 9.18. The molecule has 0 atom stereocenters. The number of sulfonamides is 1. The third-order valence-corrected chi connectivity index (χ3v) is 5.33. The highest BCUT2D eigenvalue weighted by molar-refractivity contribution is 7.92. The molecule has 2 aromatic carbocycles. The topological polar surface area (TPSA) is 102 Å². The van der Waals surface area contributed by atoms with Crippen LogP contribution in [-0.2, 0) is 14.8 Å². The third-order valence-electron chi connectivity index (χ3n) is 3.56. The molecule has 0 saturated carbocycles. The minimum Gasteiger partial charge on any atom is -0.497 e. The first kappa shape index (κ1) is 19.4. The van der Waals surface area contributed by atoms with E-state index in [9.17, 15) is 18.3 Å². The number of carboxylic acid groups (broad SMARTS) is 1. The van der Waals surface area contributed by atoms with Crippen molar-refractivity contribution < 1.29 is 32.5 Å². The zero-order valence-electron chi connectivity index (χ0n) is 14.5. The van der Waals surface area contributed by atoms with E-state index in [-0.39, 0.29) is 16.3 Å². The Morgan fingerprint density at radius 1 is 1.00 bits per heavy atom. The number of nitrogens with zero attached hydrogens (tertiary/aromatic N) is 1. The Balaban J connectivity index is 2.57. The number of anilines is 1. The Bertz CT molecular complexity index is 896. The minimum absolute atomic E-state index is 0.126. The van der Waals surface area contributed by atoms with Gasteiger partial charge >= 0.3 is 5.97 Å². The van der Waals surface area contributed by atoms with E-state index in [1.165, 1.54) is 51.7 Å². The fraction of sp³-hybridized carbons (Fsp3) is 0.235. The van der Waals surface area contributed by atoms with E-state index in [0.717, 1.165) is 4.31 Å². The Morgan fingerprint density at radius 2 is 1.69 bits per heavy atom. The molecule has 2 aromatic rings. The van der Waals surface area contributed by atoms with Gasteiger partial charge in [-0.3, -0.25) is 9.10 Å². The summed E-state index contributed by atoms with van der Waals surface area (Å²) >= 11 is 0. The van der Waals surface area contributed by atoms with Crippen LogP contribution in [0, 0.1) is 0 Å². The van der Waals surface area contributed by atoms with Crippen LogP contribution in [0.2, 0.25) is 0 Å². The quantitative estimate of drug-likeness (QED) is 0.746. The Kier molecular flexibility index (Phi) is 5.93. The Morgan fingerprint density at radius 3 is 2.27 bits per heavy atom. The van der Waals surface area contributed by atoms with Gasteiger partial charge in [-0.05, 0) is 24.3 Å². The lowest BCUT2D eigenvalue weighted by Crippen LogP contribution is -2.35. The summed E-state index contributed by atoms with van der Waals surface area (Å²) in [5.74, 6) is -0.315. The van der Waals surface area contributed by atoms with Crippen LogP contribution in [-0.4, -0.2) is 47.4 Å². The summed E-state index contributed by atoms with van der Waals surface area (Å²) < 4.78 is 42.2. The molecule has 0 amide bonds. The van der Waals surface area contributed by atoms with E-state index < -0.39 is 22.5 Å².